The average Bonchev–Trinajstić information content (AvgIpc) is 3.22. The number of esters is 1. The van der Waals surface area contributed by atoms with Crippen LogP contribution in [0.15, 0.2) is 75.2 Å². The summed E-state index contributed by atoms with van der Waals surface area (Å²) in [6.45, 7) is 4.08. The molecule has 0 bridgehead atoms. The van der Waals surface area contributed by atoms with Gasteiger partial charge < -0.3 is 18.9 Å². The number of carbonyl (C=O) groups excluding carboxylic acids is 1. The zero-order chi connectivity index (χ0) is 26.8. The quantitative estimate of drug-likeness (QED) is 0.343. The second-order valence-corrected chi connectivity index (χ2v) is 9.94. The van der Waals surface area contributed by atoms with Gasteiger partial charge in [0.05, 0.1) is 35.6 Å². The van der Waals surface area contributed by atoms with Crippen LogP contribution in [0.1, 0.15) is 31.0 Å². The van der Waals surface area contributed by atoms with Crippen LogP contribution in [0, 0.1) is 0 Å². The Kier molecular flexibility index (Phi) is 7.31. The number of methoxy groups -OCH3 is 2. The van der Waals surface area contributed by atoms with Gasteiger partial charge in [0, 0.05) is 12.7 Å². The fourth-order valence-electron chi connectivity index (χ4n) is 4.55. The molecule has 2 aromatic carbocycles. The first-order valence-electron chi connectivity index (χ1n) is 12.2. The lowest BCUT2D eigenvalue weighted by atomic mass is 9.96. The number of para-hydroxylation sites is 1. The van der Waals surface area contributed by atoms with Gasteiger partial charge in [-0.05, 0) is 55.3 Å². The topological polar surface area (TPSA) is 88.4 Å². The number of carbonyl (C=O) groups is 1. The highest BCUT2D eigenvalue weighted by Crippen LogP contribution is 2.32. The second-order valence-electron chi connectivity index (χ2n) is 8.93. The van der Waals surface area contributed by atoms with E-state index in [0.717, 1.165) is 22.4 Å². The molecule has 2 aliphatic rings. The third-order valence-corrected chi connectivity index (χ3v) is 7.49. The summed E-state index contributed by atoms with van der Waals surface area (Å²) in [6.07, 6.45) is 3.66. The summed E-state index contributed by atoms with van der Waals surface area (Å²) in [5.41, 5.74) is 3.16. The van der Waals surface area contributed by atoms with E-state index in [0.29, 0.717) is 26.4 Å². The fraction of sp³-hybridized carbons (Fsp3) is 0.276. The van der Waals surface area contributed by atoms with Crippen molar-refractivity contribution in [1.29, 1.82) is 0 Å². The Bertz CT molecular complexity index is 1610. The van der Waals surface area contributed by atoms with E-state index in [4.69, 9.17) is 18.9 Å². The van der Waals surface area contributed by atoms with Gasteiger partial charge in [-0.1, -0.05) is 41.7 Å². The van der Waals surface area contributed by atoms with Crippen molar-refractivity contribution in [1.82, 2.24) is 4.57 Å². The van der Waals surface area contributed by atoms with Gasteiger partial charge in [0.15, 0.2) is 4.80 Å². The van der Waals surface area contributed by atoms with E-state index in [-0.39, 0.29) is 24.9 Å². The van der Waals surface area contributed by atoms with E-state index in [1.165, 1.54) is 18.4 Å². The fourth-order valence-corrected chi connectivity index (χ4v) is 5.60. The molecule has 9 heteroatoms. The first-order chi connectivity index (χ1) is 18.4. The van der Waals surface area contributed by atoms with Crippen LogP contribution in [-0.2, 0) is 14.3 Å². The second kappa shape index (κ2) is 10.8. The van der Waals surface area contributed by atoms with Gasteiger partial charge in [-0.3, -0.25) is 9.36 Å². The van der Waals surface area contributed by atoms with E-state index in [9.17, 15) is 9.59 Å². The number of ether oxygens (including phenoxy) is 4. The van der Waals surface area contributed by atoms with Crippen LogP contribution in [0.25, 0.3) is 12.2 Å². The first-order valence-corrected chi connectivity index (χ1v) is 13.0. The van der Waals surface area contributed by atoms with E-state index < -0.39 is 12.0 Å². The Hall–Kier alpha value is -3.95. The van der Waals surface area contributed by atoms with Gasteiger partial charge in [0.2, 0.25) is 0 Å². The zero-order valence-corrected chi connectivity index (χ0v) is 22.4. The molecule has 1 aromatic heterocycles. The molecule has 8 nitrogen and oxygen atoms in total. The van der Waals surface area contributed by atoms with Gasteiger partial charge in [-0.15, -0.1) is 0 Å². The number of thiazole rings is 1. The van der Waals surface area contributed by atoms with E-state index in [1.807, 2.05) is 55.5 Å². The van der Waals surface area contributed by atoms with Gasteiger partial charge >= 0.3 is 5.97 Å². The molecule has 0 fully saturated rings. The third kappa shape index (κ3) is 4.82. The van der Waals surface area contributed by atoms with Crippen LogP contribution in [0.2, 0.25) is 0 Å². The number of hydrogen-bond acceptors (Lipinski definition) is 8. The number of hydrogen-bond donors (Lipinski definition) is 0. The Morgan fingerprint density at radius 2 is 1.89 bits per heavy atom. The number of fused-ring (bicyclic) bond motifs is 2. The highest BCUT2D eigenvalue weighted by atomic mass is 32.1. The molecule has 2 unspecified atom stereocenters. The summed E-state index contributed by atoms with van der Waals surface area (Å²) >= 11 is 1.28. The first kappa shape index (κ1) is 25.7. The number of benzene rings is 2. The molecular weight excluding hydrogens is 504 g/mol. The van der Waals surface area contributed by atoms with Crippen molar-refractivity contribution in [3.05, 3.63) is 96.2 Å². The van der Waals surface area contributed by atoms with E-state index in [2.05, 4.69) is 4.99 Å². The smallest absolute Gasteiger partial charge is 0.338 e. The SMILES string of the molecule is COCCOC(=O)C1=C(C)N=c2s/c(=C\C3=Cc4ccccc4OC3C)c(=O)n2C1c1ccc(OC)cc1. The maximum Gasteiger partial charge on any atom is 0.338 e. The number of rotatable bonds is 7. The Morgan fingerprint density at radius 3 is 2.63 bits per heavy atom. The molecule has 5 rings (SSSR count). The van der Waals surface area contributed by atoms with Gasteiger partial charge in [0.25, 0.3) is 5.56 Å². The van der Waals surface area contributed by atoms with Crippen LogP contribution < -0.4 is 24.4 Å². The lowest BCUT2D eigenvalue weighted by Crippen LogP contribution is -2.40. The molecule has 0 saturated heterocycles. The van der Waals surface area contributed by atoms with Crippen molar-refractivity contribution < 1.29 is 23.7 Å². The van der Waals surface area contributed by atoms with Crippen LogP contribution in [0.3, 0.4) is 0 Å². The Labute approximate surface area is 223 Å². The summed E-state index contributed by atoms with van der Waals surface area (Å²) in [6, 6.07) is 14.4. The largest absolute Gasteiger partial charge is 0.497 e. The predicted octanol–water partition coefficient (Wildman–Crippen LogP) is 3.25. The summed E-state index contributed by atoms with van der Waals surface area (Å²) in [7, 11) is 3.12. The van der Waals surface area contributed by atoms with Gasteiger partial charge in [-0.25, -0.2) is 9.79 Å². The molecule has 3 heterocycles. The number of aromatic nitrogens is 1. The van der Waals surface area contributed by atoms with Crippen molar-refractivity contribution >= 4 is 29.5 Å². The molecule has 0 aliphatic carbocycles. The molecule has 2 atom stereocenters. The molecule has 0 saturated carbocycles. The minimum atomic E-state index is -0.705. The van der Waals surface area contributed by atoms with Crippen LogP contribution in [-0.4, -0.2) is 44.1 Å². The lowest BCUT2D eigenvalue weighted by molar-refractivity contribution is -0.140. The summed E-state index contributed by atoms with van der Waals surface area (Å²) in [5.74, 6) is 0.946. The Balaban J connectivity index is 1.64. The minimum Gasteiger partial charge on any atom is -0.497 e. The molecule has 0 radical (unpaired) electrons. The molecule has 0 amide bonds. The molecule has 0 spiro atoms. The molecular formula is C29H28N2O6S. The summed E-state index contributed by atoms with van der Waals surface area (Å²) < 4.78 is 23.9. The molecule has 196 valence electrons. The maximum atomic E-state index is 13.9. The van der Waals surface area contributed by atoms with E-state index >= 15 is 0 Å². The van der Waals surface area contributed by atoms with Crippen molar-refractivity contribution in [3.63, 3.8) is 0 Å². The maximum absolute atomic E-state index is 13.9. The minimum absolute atomic E-state index is 0.0966. The monoisotopic (exact) mass is 532 g/mol. The number of nitrogens with zero attached hydrogens (tertiary/aromatic N) is 2. The predicted molar refractivity (Wildman–Crippen MR) is 145 cm³/mol. The van der Waals surface area contributed by atoms with Gasteiger partial charge in [0.1, 0.15) is 24.2 Å². The lowest BCUT2D eigenvalue weighted by Gasteiger charge is -2.25. The zero-order valence-electron chi connectivity index (χ0n) is 21.6. The van der Waals surface area contributed by atoms with Crippen molar-refractivity contribution in [2.75, 3.05) is 27.4 Å². The van der Waals surface area contributed by atoms with Crippen molar-refractivity contribution in [3.8, 4) is 11.5 Å². The van der Waals surface area contributed by atoms with E-state index in [1.54, 1.807) is 30.7 Å². The van der Waals surface area contributed by atoms with Crippen molar-refractivity contribution in [2.24, 2.45) is 4.99 Å². The average molecular weight is 533 g/mol. The number of allylic oxidation sites excluding steroid dienone is 1. The van der Waals surface area contributed by atoms with Crippen LogP contribution in [0.4, 0.5) is 0 Å². The van der Waals surface area contributed by atoms with Crippen LogP contribution >= 0.6 is 11.3 Å². The Morgan fingerprint density at radius 1 is 1.13 bits per heavy atom. The van der Waals surface area contributed by atoms with Gasteiger partial charge in [-0.2, -0.15) is 0 Å². The molecule has 38 heavy (non-hydrogen) atoms. The van der Waals surface area contributed by atoms with Crippen molar-refractivity contribution in [2.45, 2.75) is 26.0 Å². The molecule has 2 aliphatic heterocycles. The van der Waals surface area contributed by atoms with Crippen LogP contribution in [0.5, 0.6) is 11.5 Å². The normalized spacial score (nSPS) is 18.6. The standard InChI is InChI=1S/C29H28N2O6S/c1-17-25(28(33)36-14-13-34-3)26(19-9-11-22(35-4)12-10-19)31-27(32)24(38-29(31)30-17)16-21-15-20-7-5-6-8-23(20)37-18(21)2/h5-12,15-16,18,26H,13-14H2,1-4H3/b24-16-. The highest BCUT2D eigenvalue weighted by Gasteiger charge is 2.33. The molecule has 0 N–H and O–H groups in total. The molecule has 3 aromatic rings. The third-order valence-electron chi connectivity index (χ3n) is 6.51. The summed E-state index contributed by atoms with van der Waals surface area (Å²) in [4.78, 5) is 32.3. The summed E-state index contributed by atoms with van der Waals surface area (Å²) in [5, 5.41) is 0. The highest BCUT2D eigenvalue weighted by molar-refractivity contribution is 7.07.